The van der Waals surface area contributed by atoms with E-state index in [1.54, 1.807) is 47.9 Å². The molecule has 0 saturated carbocycles. The van der Waals surface area contributed by atoms with Crippen LogP contribution < -0.4 is 5.32 Å². The highest BCUT2D eigenvalue weighted by molar-refractivity contribution is 5.89. The molecule has 8 heteroatoms. The molecule has 0 spiro atoms. The average Bonchev–Trinajstić information content (AvgIpc) is 3.18. The van der Waals surface area contributed by atoms with E-state index < -0.39 is 0 Å². The van der Waals surface area contributed by atoms with Crippen LogP contribution in [-0.2, 0) is 11.3 Å². The largest absolute Gasteiger partial charge is 0.327 e. The first kappa shape index (κ1) is 16.5. The maximum absolute atomic E-state index is 12.3. The first-order chi connectivity index (χ1) is 13.3. The monoisotopic (exact) mass is 357 g/mol. The van der Waals surface area contributed by atoms with E-state index in [2.05, 4.69) is 30.2 Å². The molecule has 0 aliphatic carbocycles. The molecule has 27 heavy (non-hydrogen) atoms. The van der Waals surface area contributed by atoms with Gasteiger partial charge in [-0.25, -0.2) is 19.9 Å². The quantitative estimate of drug-likeness (QED) is 0.589. The van der Waals surface area contributed by atoms with Crippen LogP contribution in [0.15, 0.2) is 74.1 Å². The number of imidazole rings is 1. The van der Waals surface area contributed by atoms with Gasteiger partial charge < -0.3 is 9.88 Å². The minimum Gasteiger partial charge on any atom is -0.327 e. The Morgan fingerprint density at radius 2 is 1.70 bits per heavy atom. The molecule has 0 aliphatic heterocycles. The van der Waals surface area contributed by atoms with Crippen LogP contribution >= 0.6 is 0 Å². The normalized spacial score (nSPS) is 10.5. The zero-order chi connectivity index (χ0) is 18.5. The molecule has 4 aromatic rings. The summed E-state index contributed by atoms with van der Waals surface area (Å²) in [7, 11) is 0. The lowest BCUT2D eigenvalue weighted by Gasteiger charge is -2.06. The summed E-state index contributed by atoms with van der Waals surface area (Å²) in [5, 5.41) is 2.78. The van der Waals surface area contributed by atoms with E-state index in [9.17, 15) is 4.79 Å². The summed E-state index contributed by atoms with van der Waals surface area (Å²) in [4.78, 5) is 32.8. The van der Waals surface area contributed by atoms with Crippen molar-refractivity contribution in [1.82, 2.24) is 29.5 Å². The Bertz CT molecular complexity index is 1030. The third kappa shape index (κ3) is 4.01. The minimum absolute atomic E-state index is 0.147. The third-order valence-electron chi connectivity index (χ3n) is 3.86. The van der Waals surface area contributed by atoms with Gasteiger partial charge in [-0.15, -0.1) is 0 Å². The molecule has 8 nitrogen and oxygen atoms in total. The molecular formula is C19H15N7O. The molecule has 4 aromatic heterocycles. The summed E-state index contributed by atoms with van der Waals surface area (Å²) in [6, 6.07) is 7.35. The predicted octanol–water partition coefficient (Wildman–Crippen LogP) is 2.44. The molecular weight excluding hydrogens is 342 g/mol. The van der Waals surface area contributed by atoms with Gasteiger partial charge in [-0.3, -0.25) is 9.78 Å². The molecule has 1 N–H and O–H groups in total. The zero-order valence-electron chi connectivity index (χ0n) is 14.2. The Balaban J connectivity index is 1.39. The molecule has 0 radical (unpaired) electrons. The van der Waals surface area contributed by atoms with Crippen LogP contribution in [0.5, 0.6) is 0 Å². The number of nitrogens with one attached hydrogen (secondary N) is 1. The van der Waals surface area contributed by atoms with Gasteiger partial charge in [0.2, 0.25) is 5.91 Å². The highest BCUT2D eigenvalue weighted by Gasteiger charge is 2.07. The summed E-state index contributed by atoms with van der Waals surface area (Å²) in [6.07, 6.45) is 13.4. The lowest BCUT2D eigenvalue weighted by atomic mass is 10.1. The van der Waals surface area contributed by atoms with Crippen LogP contribution in [0.4, 0.5) is 5.82 Å². The van der Waals surface area contributed by atoms with Crippen molar-refractivity contribution in [3.05, 3.63) is 74.1 Å². The maximum atomic E-state index is 12.3. The van der Waals surface area contributed by atoms with Crippen molar-refractivity contribution in [3.8, 4) is 22.4 Å². The van der Waals surface area contributed by atoms with Crippen molar-refractivity contribution in [2.45, 2.75) is 6.54 Å². The number of amides is 1. The van der Waals surface area contributed by atoms with Gasteiger partial charge in [-0.05, 0) is 24.3 Å². The second kappa shape index (κ2) is 7.52. The smallest absolute Gasteiger partial charge is 0.245 e. The van der Waals surface area contributed by atoms with Crippen molar-refractivity contribution in [1.29, 1.82) is 0 Å². The SMILES string of the molecule is O=C(Cn1cnc(-c2ccncc2)c1)Nc1ccc(-c2cncnc2)cn1. The fourth-order valence-electron chi connectivity index (χ4n) is 2.55. The van der Waals surface area contributed by atoms with Gasteiger partial charge in [0.05, 0.1) is 12.0 Å². The first-order valence-electron chi connectivity index (χ1n) is 8.21. The highest BCUT2D eigenvalue weighted by atomic mass is 16.2. The molecule has 0 aromatic carbocycles. The van der Waals surface area contributed by atoms with E-state index in [1.165, 1.54) is 6.33 Å². The Kier molecular flexibility index (Phi) is 4.60. The van der Waals surface area contributed by atoms with E-state index in [4.69, 9.17) is 0 Å². The number of aromatic nitrogens is 6. The van der Waals surface area contributed by atoms with Crippen molar-refractivity contribution in [3.63, 3.8) is 0 Å². The Morgan fingerprint density at radius 1 is 0.889 bits per heavy atom. The molecule has 0 aliphatic rings. The van der Waals surface area contributed by atoms with E-state index in [1.807, 2.05) is 24.4 Å². The van der Waals surface area contributed by atoms with Crippen LogP contribution in [0.1, 0.15) is 0 Å². The topological polar surface area (TPSA) is 98.5 Å². The van der Waals surface area contributed by atoms with Gasteiger partial charge in [0, 0.05) is 53.9 Å². The molecule has 0 bridgehead atoms. The van der Waals surface area contributed by atoms with Gasteiger partial charge in [-0.2, -0.15) is 0 Å². The van der Waals surface area contributed by atoms with Gasteiger partial charge in [0.15, 0.2) is 0 Å². The number of carbonyl (C=O) groups is 1. The van der Waals surface area contributed by atoms with Gasteiger partial charge in [0.1, 0.15) is 18.7 Å². The minimum atomic E-state index is -0.183. The first-order valence-corrected chi connectivity index (χ1v) is 8.21. The van der Waals surface area contributed by atoms with Gasteiger partial charge in [-0.1, -0.05) is 0 Å². The van der Waals surface area contributed by atoms with Crippen molar-refractivity contribution < 1.29 is 4.79 Å². The second-order valence-electron chi connectivity index (χ2n) is 5.77. The molecule has 132 valence electrons. The van der Waals surface area contributed by atoms with Gasteiger partial charge in [0.25, 0.3) is 0 Å². The molecule has 0 unspecified atom stereocenters. The fraction of sp³-hybridized carbons (Fsp3) is 0.0526. The standard InChI is InChI=1S/C19H15N7O/c27-19(11-26-10-17(24-13-26)14-3-5-20-6-4-14)25-18-2-1-15(9-23-18)16-7-21-12-22-8-16/h1-10,12-13H,11H2,(H,23,25,27). The Morgan fingerprint density at radius 3 is 2.44 bits per heavy atom. The lowest BCUT2D eigenvalue weighted by Crippen LogP contribution is -2.18. The second-order valence-corrected chi connectivity index (χ2v) is 5.77. The third-order valence-corrected chi connectivity index (χ3v) is 3.86. The molecule has 0 atom stereocenters. The fourth-order valence-corrected chi connectivity index (χ4v) is 2.55. The van der Waals surface area contributed by atoms with Crippen molar-refractivity contribution >= 4 is 11.7 Å². The molecule has 4 rings (SSSR count). The summed E-state index contributed by atoms with van der Waals surface area (Å²) in [5.74, 6) is 0.298. The van der Waals surface area contributed by atoms with Crippen molar-refractivity contribution in [2.24, 2.45) is 0 Å². The summed E-state index contributed by atoms with van der Waals surface area (Å²) >= 11 is 0. The number of carbonyl (C=O) groups excluding carboxylic acids is 1. The van der Waals surface area contributed by atoms with E-state index >= 15 is 0 Å². The Hall–Kier alpha value is -3.94. The summed E-state index contributed by atoms with van der Waals surface area (Å²) in [6.45, 7) is 0.147. The number of pyridine rings is 2. The highest BCUT2D eigenvalue weighted by Crippen LogP contribution is 2.18. The van der Waals surface area contributed by atoms with E-state index in [0.717, 1.165) is 22.4 Å². The van der Waals surface area contributed by atoms with Crippen LogP contribution in [0.2, 0.25) is 0 Å². The number of rotatable bonds is 5. The lowest BCUT2D eigenvalue weighted by molar-refractivity contribution is -0.116. The van der Waals surface area contributed by atoms with Crippen LogP contribution in [0.25, 0.3) is 22.4 Å². The molecule has 0 saturated heterocycles. The Labute approximate surface area is 155 Å². The van der Waals surface area contributed by atoms with E-state index in [-0.39, 0.29) is 12.5 Å². The molecule has 4 heterocycles. The van der Waals surface area contributed by atoms with Crippen LogP contribution in [0, 0.1) is 0 Å². The number of nitrogens with zero attached hydrogens (tertiary/aromatic N) is 6. The summed E-state index contributed by atoms with van der Waals surface area (Å²) in [5.41, 5.74) is 3.49. The van der Waals surface area contributed by atoms with Crippen molar-refractivity contribution in [2.75, 3.05) is 5.32 Å². The summed E-state index contributed by atoms with van der Waals surface area (Å²) < 4.78 is 1.72. The van der Waals surface area contributed by atoms with Gasteiger partial charge >= 0.3 is 0 Å². The zero-order valence-corrected chi connectivity index (χ0v) is 14.2. The van der Waals surface area contributed by atoms with E-state index in [0.29, 0.717) is 5.82 Å². The number of hydrogen-bond donors (Lipinski definition) is 1. The number of hydrogen-bond acceptors (Lipinski definition) is 6. The molecule has 0 fully saturated rings. The molecule has 1 amide bonds. The average molecular weight is 357 g/mol. The maximum Gasteiger partial charge on any atom is 0.245 e. The number of anilines is 1. The van der Waals surface area contributed by atoms with Crippen LogP contribution in [-0.4, -0.2) is 35.4 Å². The predicted molar refractivity (Wildman–Crippen MR) is 99.4 cm³/mol. The van der Waals surface area contributed by atoms with Crippen LogP contribution in [0.3, 0.4) is 0 Å².